The number of fused-ring (bicyclic) bond motifs is 3. The molecule has 0 aromatic heterocycles. The Balaban J connectivity index is 1.43. The van der Waals surface area contributed by atoms with E-state index in [0.29, 0.717) is 18.0 Å². The van der Waals surface area contributed by atoms with Gasteiger partial charge in [-0.15, -0.1) is 0 Å². The lowest BCUT2D eigenvalue weighted by Gasteiger charge is -2.30. The van der Waals surface area contributed by atoms with Gasteiger partial charge in [-0.3, -0.25) is 4.79 Å². The molecule has 2 bridgehead atoms. The molecule has 1 N–H and O–H groups in total. The average molecular weight is 316 g/mol. The molecule has 2 saturated carbocycles. The van der Waals surface area contributed by atoms with E-state index in [1.54, 1.807) is 0 Å². The lowest BCUT2D eigenvalue weighted by atomic mass is 9.78. The van der Waals surface area contributed by atoms with Gasteiger partial charge in [0.05, 0.1) is 0 Å². The second kappa shape index (κ2) is 5.44. The zero-order valence-electron chi connectivity index (χ0n) is 12.6. The predicted octanol–water partition coefficient (Wildman–Crippen LogP) is 0.444. The largest absolute Gasteiger partial charge is 0.550 e. The van der Waals surface area contributed by atoms with Gasteiger partial charge in [-0.05, 0) is 48.8 Å². The van der Waals surface area contributed by atoms with E-state index in [0.717, 1.165) is 24.8 Å². The molecule has 1 amide bonds. The molecule has 1 aromatic rings. The van der Waals surface area contributed by atoms with Crippen LogP contribution in [0, 0.1) is 23.7 Å². The highest BCUT2D eigenvalue weighted by Gasteiger charge is 2.51. The fourth-order valence-electron chi connectivity index (χ4n) is 4.37. The Bertz CT molecular complexity index is 658. The van der Waals surface area contributed by atoms with E-state index < -0.39 is 17.8 Å². The van der Waals surface area contributed by atoms with E-state index >= 15 is 0 Å². The summed E-state index contributed by atoms with van der Waals surface area (Å²) in [5, 5.41) is 14.3. The van der Waals surface area contributed by atoms with Crippen molar-refractivity contribution in [2.75, 3.05) is 6.79 Å². The molecule has 0 unspecified atom stereocenters. The number of carbonyl (C=O) groups is 2. The molecule has 1 aromatic carbocycles. The maximum Gasteiger partial charge on any atom is 0.231 e. The van der Waals surface area contributed by atoms with Crippen LogP contribution in [0.3, 0.4) is 0 Å². The second-order valence-corrected chi connectivity index (χ2v) is 6.61. The lowest BCUT2D eigenvalue weighted by molar-refractivity contribution is -0.314. The first kappa shape index (κ1) is 14.4. The summed E-state index contributed by atoms with van der Waals surface area (Å²) in [4.78, 5) is 23.9. The summed E-state index contributed by atoms with van der Waals surface area (Å²) in [5.74, 6) is -0.691. The Morgan fingerprint density at radius 3 is 2.65 bits per heavy atom. The SMILES string of the molecule is O=C([O-])[C@H]1[C@H]2CC[C@@H](C2)[C@@H]1C(=O)NCc1ccc2c(c1)OCO2. The van der Waals surface area contributed by atoms with Gasteiger partial charge in [0.25, 0.3) is 0 Å². The normalized spacial score (nSPS) is 30.4. The molecule has 0 radical (unpaired) electrons. The molecule has 4 atom stereocenters. The standard InChI is InChI=1S/C17H19NO5/c19-16(14-10-2-3-11(6-10)15(14)17(20)21)18-7-9-1-4-12-13(5-9)23-8-22-12/h1,4-5,10-11,14-15H,2-3,6-8H2,(H,18,19)(H,20,21)/p-1/t10-,11-,14-,15-/m0/s1. The summed E-state index contributed by atoms with van der Waals surface area (Å²) in [5.41, 5.74) is 0.899. The highest BCUT2D eigenvalue weighted by atomic mass is 16.7. The van der Waals surface area contributed by atoms with Gasteiger partial charge in [-0.2, -0.15) is 0 Å². The minimum absolute atomic E-state index is 0.103. The van der Waals surface area contributed by atoms with E-state index in [2.05, 4.69) is 5.32 Å². The van der Waals surface area contributed by atoms with Crippen molar-refractivity contribution in [2.24, 2.45) is 23.7 Å². The van der Waals surface area contributed by atoms with E-state index in [-0.39, 0.29) is 24.5 Å². The first-order valence-electron chi connectivity index (χ1n) is 8.00. The molecule has 2 fully saturated rings. The van der Waals surface area contributed by atoms with Crippen LogP contribution in [0.25, 0.3) is 0 Å². The van der Waals surface area contributed by atoms with Crippen LogP contribution in [-0.2, 0) is 16.1 Å². The fraction of sp³-hybridized carbons (Fsp3) is 0.529. The molecule has 23 heavy (non-hydrogen) atoms. The van der Waals surface area contributed by atoms with Crippen LogP contribution in [0.2, 0.25) is 0 Å². The Morgan fingerprint density at radius 2 is 1.87 bits per heavy atom. The summed E-state index contributed by atoms with van der Waals surface area (Å²) in [7, 11) is 0. The van der Waals surface area contributed by atoms with Gasteiger partial charge >= 0.3 is 0 Å². The van der Waals surface area contributed by atoms with Crippen molar-refractivity contribution >= 4 is 11.9 Å². The first-order valence-corrected chi connectivity index (χ1v) is 8.00. The molecule has 6 nitrogen and oxygen atoms in total. The fourth-order valence-corrected chi connectivity index (χ4v) is 4.37. The van der Waals surface area contributed by atoms with Crippen LogP contribution in [0.4, 0.5) is 0 Å². The Labute approximate surface area is 133 Å². The highest BCUT2D eigenvalue weighted by molar-refractivity contribution is 5.85. The third-order valence-electron chi connectivity index (χ3n) is 5.40. The van der Waals surface area contributed by atoms with Crippen molar-refractivity contribution in [3.05, 3.63) is 23.8 Å². The number of nitrogens with one attached hydrogen (secondary N) is 1. The zero-order chi connectivity index (χ0) is 16.0. The van der Waals surface area contributed by atoms with Gasteiger partial charge in [0.2, 0.25) is 12.7 Å². The molecule has 1 heterocycles. The number of carboxylic acids is 1. The molecule has 6 heteroatoms. The first-order chi connectivity index (χ1) is 11.1. The smallest absolute Gasteiger partial charge is 0.231 e. The molecule has 122 valence electrons. The summed E-state index contributed by atoms with van der Waals surface area (Å²) >= 11 is 0. The summed E-state index contributed by atoms with van der Waals surface area (Å²) in [6.45, 7) is 0.562. The molecule has 0 saturated heterocycles. The number of carboxylic acid groups (broad SMARTS) is 1. The minimum Gasteiger partial charge on any atom is -0.550 e. The quantitative estimate of drug-likeness (QED) is 0.871. The van der Waals surface area contributed by atoms with Gasteiger partial charge in [0.1, 0.15) is 0 Å². The van der Waals surface area contributed by atoms with E-state index in [1.807, 2.05) is 18.2 Å². The van der Waals surface area contributed by atoms with Gasteiger partial charge in [-0.25, -0.2) is 0 Å². The van der Waals surface area contributed by atoms with Crippen molar-refractivity contribution < 1.29 is 24.2 Å². The summed E-state index contributed by atoms with van der Waals surface area (Å²) in [6.07, 6.45) is 2.67. The minimum atomic E-state index is -1.08. The number of ether oxygens (including phenoxy) is 2. The maximum atomic E-state index is 12.5. The van der Waals surface area contributed by atoms with Crippen molar-refractivity contribution in [3.8, 4) is 11.5 Å². The average Bonchev–Trinajstić information content (AvgIpc) is 3.25. The van der Waals surface area contributed by atoms with Crippen LogP contribution in [0.1, 0.15) is 24.8 Å². The van der Waals surface area contributed by atoms with Gasteiger partial charge in [0, 0.05) is 24.3 Å². The third kappa shape index (κ3) is 2.42. The predicted molar refractivity (Wildman–Crippen MR) is 77.2 cm³/mol. The molecule has 2 aliphatic carbocycles. The number of amides is 1. The van der Waals surface area contributed by atoms with Crippen LogP contribution in [0.15, 0.2) is 18.2 Å². The number of benzene rings is 1. The monoisotopic (exact) mass is 316 g/mol. The van der Waals surface area contributed by atoms with Crippen molar-refractivity contribution in [1.29, 1.82) is 0 Å². The Kier molecular flexibility index (Phi) is 3.39. The van der Waals surface area contributed by atoms with E-state index in [9.17, 15) is 14.7 Å². The highest BCUT2D eigenvalue weighted by Crippen LogP contribution is 2.52. The topological polar surface area (TPSA) is 87.7 Å². The number of rotatable bonds is 4. The second-order valence-electron chi connectivity index (χ2n) is 6.61. The summed E-state index contributed by atoms with van der Waals surface area (Å²) in [6, 6.07) is 5.51. The molecular formula is C17H18NO5-. The summed E-state index contributed by atoms with van der Waals surface area (Å²) < 4.78 is 10.6. The van der Waals surface area contributed by atoms with Crippen LogP contribution < -0.4 is 19.9 Å². The van der Waals surface area contributed by atoms with Gasteiger partial charge < -0.3 is 24.7 Å². The number of hydrogen-bond donors (Lipinski definition) is 1. The van der Waals surface area contributed by atoms with Gasteiger partial charge in [0.15, 0.2) is 11.5 Å². The maximum absolute atomic E-state index is 12.5. The molecule has 0 spiro atoms. The van der Waals surface area contributed by atoms with Crippen molar-refractivity contribution in [1.82, 2.24) is 5.32 Å². The molecule has 4 rings (SSSR count). The Morgan fingerprint density at radius 1 is 1.13 bits per heavy atom. The van der Waals surface area contributed by atoms with Crippen LogP contribution in [-0.4, -0.2) is 18.7 Å². The molecule has 3 aliphatic rings. The van der Waals surface area contributed by atoms with Crippen molar-refractivity contribution in [2.45, 2.75) is 25.8 Å². The van der Waals surface area contributed by atoms with E-state index in [1.165, 1.54) is 0 Å². The third-order valence-corrected chi connectivity index (χ3v) is 5.40. The van der Waals surface area contributed by atoms with Crippen LogP contribution in [0.5, 0.6) is 11.5 Å². The number of carbonyl (C=O) groups excluding carboxylic acids is 2. The van der Waals surface area contributed by atoms with Gasteiger partial charge in [-0.1, -0.05) is 6.07 Å². The zero-order valence-corrected chi connectivity index (χ0v) is 12.6. The van der Waals surface area contributed by atoms with Crippen molar-refractivity contribution in [3.63, 3.8) is 0 Å². The Hall–Kier alpha value is -2.24. The molecule has 1 aliphatic heterocycles. The van der Waals surface area contributed by atoms with Crippen LogP contribution >= 0.6 is 0 Å². The number of aliphatic carboxylic acids is 1. The lowest BCUT2D eigenvalue weighted by Crippen LogP contribution is -2.45. The number of hydrogen-bond acceptors (Lipinski definition) is 5. The molecular weight excluding hydrogens is 298 g/mol. The van der Waals surface area contributed by atoms with E-state index in [4.69, 9.17) is 9.47 Å².